The number of thiophene rings is 1. The third-order valence-electron chi connectivity index (χ3n) is 3.61. The Balaban J connectivity index is 1.77. The Labute approximate surface area is 132 Å². The minimum Gasteiger partial charge on any atom is -0.369 e. The molecule has 6 heteroatoms. The van der Waals surface area contributed by atoms with Crippen molar-refractivity contribution in [3.05, 3.63) is 57.8 Å². The van der Waals surface area contributed by atoms with Crippen LogP contribution in [0.1, 0.15) is 31.7 Å². The molecule has 0 saturated carbocycles. The van der Waals surface area contributed by atoms with Crippen LogP contribution in [0.3, 0.4) is 0 Å². The van der Waals surface area contributed by atoms with Gasteiger partial charge in [-0.3, -0.25) is 9.59 Å². The third kappa shape index (κ3) is 3.03. The SMILES string of the molecule is NC(=O)c1cccc(C(=O)N2CCOC(c3cccs3)C2)c1. The molecule has 1 fully saturated rings. The van der Waals surface area contributed by atoms with Crippen molar-refractivity contribution < 1.29 is 14.3 Å². The molecule has 1 aromatic carbocycles. The highest BCUT2D eigenvalue weighted by molar-refractivity contribution is 7.10. The summed E-state index contributed by atoms with van der Waals surface area (Å²) in [6.07, 6.45) is -0.0861. The summed E-state index contributed by atoms with van der Waals surface area (Å²) < 4.78 is 5.74. The average Bonchev–Trinajstić information content (AvgIpc) is 3.09. The van der Waals surface area contributed by atoms with E-state index in [1.807, 2.05) is 17.5 Å². The lowest BCUT2D eigenvalue weighted by Gasteiger charge is -2.32. The Bertz CT molecular complexity index is 684. The number of hydrogen-bond donors (Lipinski definition) is 1. The van der Waals surface area contributed by atoms with E-state index in [1.165, 1.54) is 0 Å². The zero-order valence-corrected chi connectivity index (χ0v) is 12.7. The number of carbonyl (C=O) groups excluding carboxylic acids is 2. The molecule has 3 rings (SSSR count). The fourth-order valence-electron chi connectivity index (χ4n) is 2.47. The summed E-state index contributed by atoms with van der Waals surface area (Å²) in [6, 6.07) is 10.5. The van der Waals surface area contributed by atoms with Gasteiger partial charge in [-0.05, 0) is 29.6 Å². The van der Waals surface area contributed by atoms with Crippen molar-refractivity contribution in [2.24, 2.45) is 5.73 Å². The van der Waals surface area contributed by atoms with E-state index in [9.17, 15) is 9.59 Å². The topological polar surface area (TPSA) is 72.6 Å². The van der Waals surface area contributed by atoms with Gasteiger partial charge in [0.2, 0.25) is 5.91 Å². The molecule has 2 aromatic rings. The van der Waals surface area contributed by atoms with Crippen LogP contribution in [0, 0.1) is 0 Å². The number of nitrogens with zero attached hydrogens (tertiary/aromatic N) is 1. The Morgan fingerprint density at radius 1 is 1.23 bits per heavy atom. The number of benzene rings is 1. The lowest BCUT2D eigenvalue weighted by molar-refractivity contribution is -0.0211. The minimum atomic E-state index is -0.534. The molecule has 5 nitrogen and oxygen atoms in total. The van der Waals surface area contributed by atoms with Crippen molar-refractivity contribution in [2.75, 3.05) is 19.7 Å². The average molecular weight is 316 g/mol. The highest BCUT2D eigenvalue weighted by Crippen LogP contribution is 2.26. The monoisotopic (exact) mass is 316 g/mol. The van der Waals surface area contributed by atoms with Gasteiger partial charge in [0.1, 0.15) is 6.10 Å². The predicted octanol–water partition coefficient (Wildman–Crippen LogP) is 2.06. The molecule has 0 spiro atoms. The number of primary amides is 1. The maximum Gasteiger partial charge on any atom is 0.254 e. The molecule has 114 valence electrons. The highest BCUT2D eigenvalue weighted by Gasteiger charge is 2.26. The van der Waals surface area contributed by atoms with Crippen LogP contribution in [0.5, 0.6) is 0 Å². The van der Waals surface area contributed by atoms with Crippen molar-refractivity contribution >= 4 is 23.2 Å². The van der Waals surface area contributed by atoms with Gasteiger partial charge in [0.05, 0.1) is 13.2 Å². The minimum absolute atomic E-state index is 0.0861. The van der Waals surface area contributed by atoms with E-state index < -0.39 is 5.91 Å². The number of rotatable bonds is 3. The van der Waals surface area contributed by atoms with Gasteiger partial charge in [-0.15, -0.1) is 11.3 Å². The Morgan fingerprint density at radius 2 is 2.05 bits per heavy atom. The Morgan fingerprint density at radius 3 is 2.77 bits per heavy atom. The summed E-state index contributed by atoms with van der Waals surface area (Å²) in [5.74, 6) is -0.638. The predicted molar refractivity (Wildman–Crippen MR) is 83.9 cm³/mol. The van der Waals surface area contributed by atoms with Crippen molar-refractivity contribution in [1.82, 2.24) is 4.90 Å². The van der Waals surface area contributed by atoms with Crippen LogP contribution in [0.15, 0.2) is 41.8 Å². The van der Waals surface area contributed by atoms with E-state index in [-0.39, 0.29) is 12.0 Å². The summed E-state index contributed by atoms with van der Waals surface area (Å²) in [7, 11) is 0. The van der Waals surface area contributed by atoms with Crippen LogP contribution < -0.4 is 5.73 Å². The first-order valence-electron chi connectivity index (χ1n) is 6.99. The quantitative estimate of drug-likeness (QED) is 0.942. The van der Waals surface area contributed by atoms with Crippen LogP contribution in [-0.4, -0.2) is 36.4 Å². The molecule has 1 saturated heterocycles. The lowest BCUT2D eigenvalue weighted by Crippen LogP contribution is -2.42. The number of nitrogens with two attached hydrogens (primary N) is 1. The first-order chi connectivity index (χ1) is 10.6. The van der Waals surface area contributed by atoms with Gasteiger partial charge in [-0.2, -0.15) is 0 Å². The summed E-state index contributed by atoms with van der Waals surface area (Å²) >= 11 is 1.62. The molecule has 0 aliphatic carbocycles. The second-order valence-corrected chi connectivity index (χ2v) is 6.05. The van der Waals surface area contributed by atoms with E-state index in [2.05, 4.69) is 0 Å². The van der Waals surface area contributed by atoms with Gasteiger partial charge in [0.15, 0.2) is 0 Å². The summed E-state index contributed by atoms with van der Waals surface area (Å²) in [5, 5.41) is 2.00. The maximum absolute atomic E-state index is 12.6. The molecular weight excluding hydrogens is 300 g/mol. The fraction of sp³-hybridized carbons (Fsp3) is 0.250. The molecule has 0 radical (unpaired) electrons. The summed E-state index contributed by atoms with van der Waals surface area (Å²) in [4.78, 5) is 26.7. The number of carbonyl (C=O) groups is 2. The molecule has 1 aliphatic heterocycles. The zero-order valence-electron chi connectivity index (χ0n) is 11.9. The first kappa shape index (κ1) is 14.7. The van der Waals surface area contributed by atoms with E-state index >= 15 is 0 Å². The molecule has 0 bridgehead atoms. The van der Waals surface area contributed by atoms with E-state index in [4.69, 9.17) is 10.5 Å². The van der Waals surface area contributed by atoms with Gasteiger partial charge in [-0.25, -0.2) is 0 Å². The number of ether oxygens (including phenoxy) is 1. The van der Waals surface area contributed by atoms with Gasteiger partial charge >= 0.3 is 0 Å². The molecule has 1 unspecified atom stereocenters. The molecule has 2 N–H and O–H groups in total. The maximum atomic E-state index is 12.6. The van der Waals surface area contributed by atoms with Crippen LogP contribution in [-0.2, 0) is 4.74 Å². The standard InChI is InChI=1S/C16H16N2O3S/c17-15(19)11-3-1-4-12(9-11)16(20)18-6-7-21-13(10-18)14-5-2-8-22-14/h1-5,8-9,13H,6-7,10H2,(H2,17,19). The largest absolute Gasteiger partial charge is 0.369 e. The van der Waals surface area contributed by atoms with Crippen LogP contribution in [0.25, 0.3) is 0 Å². The van der Waals surface area contributed by atoms with Crippen molar-refractivity contribution in [3.8, 4) is 0 Å². The molecule has 2 amide bonds. The first-order valence-corrected chi connectivity index (χ1v) is 7.87. The van der Waals surface area contributed by atoms with Crippen LogP contribution in [0.4, 0.5) is 0 Å². The zero-order chi connectivity index (χ0) is 15.5. The lowest BCUT2D eigenvalue weighted by atomic mass is 10.1. The van der Waals surface area contributed by atoms with Crippen molar-refractivity contribution in [1.29, 1.82) is 0 Å². The molecule has 2 heterocycles. The number of hydrogen-bond acceptors (Lipinski definition) is 4. The molecule has 1 atom stereocenters. The van der Waals surface area contributed by atoms with Crippen molar-refractivity contribution in [3.63, 3.8) is 0 Å². The summed E-state index contributed by atoms with van der Waals surface area (Å²) in [6.45, 7) is 1.56. The Hall–Kier alpha value is -2.18. The summed E-state index contributed by atoms with van der Waals surface area (Å²) in [5.41, 5.74) is 6.08. The second kappa shape index (κ2) is 6.29. The Kier molecular flexibility index (Phi) is 4.22. The molecular formula is C16H16N2O3S. The molecule has 22 heavy (non-hydrogen) atoms. The second-order valence-electron chi connectivity index (χ2n) is 5.07. The van der Waals surface area contributed by atoms with Crippen molar-refractivity contribution in [2.45, 2.75) is 6.10 Å². The van der Waals surface area contributed by atoms with Gasteiger partial charge in [0, 0.05) is 22.5 Å². The van der Waals surface area contributed by atoms with Gasteiger partial charge in [-0.1, -0.05) is 12.1 Å². The number of morpholine rings is 1. The van der Waals surface area contributed by atoms with Gasteiger partial charge < -0.3 is 15.4 Å². The number of amides is 2. The van der Waals surface area contributed by atoms with E-state index in [0.29, 0.717) is 30.8 Å². The fourth-order valence-corrected chi connectivity index (χ4v) is 3.23. The molecule has 1 aliphatic rings. The third-order valence-corrected chi connectivity index (χ3v) is 4.57. The van der Waals surface area contributed by atoms with Gasteiger partial charge in [0.25, 0.3) is 5.91 Å². The highest BCUT2D eigenvalue weighted by atomic mass is 32.1. The molecule has 1 aromatic heterocycles. The van der Waals surface area contributed by atoms with E-state index in [1.54, 1.807) is 40.5 Å². The van der Waals surface area contributed by atoms with E-state index in [0.717, 1.165) is 4.88 Å². The smallest absolute Gasteiger partial charge is 0.254 e. The normalized spacial score (nSPS) is 18.2. The van der Waals surface area contributed by atoms with Crippen LogP contribution in [0.2, 0.25) is 0 Å². The van der Waals surface area contributed by atoms with Crippen LogP contribution >= 0.6 is 11.3 Å².